The number of halogens is 1. The van der Waals surface area contributed by atoms with Crippen LogP contribution in [0.3, 0.4) is 0 Å². The lowest BCUT2D eigenvalue weighted by Crippen LogP contribution is -2.51. The fourth-order valence-electron chi connectivity index (χ4n) is 6.11. The molecule has 0 aliphatic carbocycles. The summed E-state index contributed by atoms with van der Waals surface area (Å²) in [6, 6.07) is 4.73. The molecule has 0 saturated carbocycles. The van der Waals surface area contributed by atoms with E-state index in [0.29, 0.717) is 36.5 Å². The molecule has 2 amide bonds. The number of ether oxygens (including phenoxy) is 1. The Morgan fingerprint density at radius 3 is 2.74 bits per heavy atom. The first-order valence-corrected chi connectivity index (χ1v) is 13.2. The summed E-state index contributed by atoms with van der Waals surface area (Å²) in [6.45, 7) is 6.42. The molecular weight excluding hydrogens is 476 g/mol. The SMILES string of the molecule is CCOC(=O)[C@H]1[C@H]2C(=O)N(CCCCCO)C(C(=O)Nc3c(C)cccc3Cl)C23CC[C@]1(C)S3. The van der Waals surface area contributed by atoms with Gasteiger partial charge in [0.2, 0.25) is 11.8 Å². The average molecular weight is 509 g/mol. The zero-order valence-corrected chi connectivity index (χ0v) is 21.5. The van der Waals surface area contributed by atoms with Crippen LogP contribution in [0.2, 0.25) is 5.02 Å². The normalized spacial score (nSPS) is 31.6. The Morgan fingerprint density at radius 2 is 2.06 bits per heavy atom. The number of hydrogen-bond acceptors (Lipinski definition) is 6. The number of para-hydroxylation sites is 1. The summed E-state index contributed by atoms with van der Waals surface area (Å²) in [5, 5.41) is 12.6. The molecule has 3 aliphatic rings. The van der Waals surface area contributed by atoms with Crippen molar-refractivity contribution in [3.8, 4) is 0 Å². The molecule has 5 atom stereocenters. The number of amides is 2. The molecule has 9 heteroatoms. The molecule has 2 bridgehead atoms. The third kappa shape index (κ3) is 4.01. The number of anilines is 1. The first kappa shape index (κ1) is 25.3. The van der Waals surface area contributed by atoms with Crippen LogP contribution in [0.1, 0.15) is 51.5 Å². The number of aliphatic hydroxyl groups excluding tert-OH is 1. The number of nitrogens with zero attached hydrogens (tertiary/aromatic N) is 1. The quantitative estimate of drug-likeness (QED) is 0.389. The molecule has 1 aromatic carbocycles. The van der Waals surface area contributed by atoms with Crippen molar-refractivity contribution in [2.75, 3.05) is 25.1 Å². The standard InChI is InChI=1S/C25H33ClN2O5S/c1-4-33-23(32)18-17-22(31)28(13-6-5-7-14-29)20(25(17)12-11-24(18,3)34-25)21(30)27-19-15(2)9-8-10-16(19)26/h8-10,17-18,20,29H,4-7,11-14H2,1-3H3,(H,27,30)/t17-,18+,20?,24-,25?/m0/s1. The largest absolute Gasteiger partial charge is 0.466 e. The van der Waals surface area contributed by atoms with Gasteiger partial charge in [0.1, 0.15) is 6.04 Å². The number of unbranched alkanes of at least 4 members (excludes halogenated alkanes) is 2. The summed E-state index contributed by atoms with van der Waals surface area (Å²) in [5.74, 6) is -1.92. The maximum absolute atomic E-state index is 13.9. The number of hydrogen-bond donors (Lipinski definition) is 2. The van der Waals surface area contributed by atoms with E-state index in [1.165, 1.54) is 0 Å². The summed E-state index contributed by atoms with van der Waals surface area (Å²) >= 11 is 8.01. The number of likely N-dealkylation sites (tertiary alicyclic amines) is 1. The van der Waals surface area contributed by atoms with Crippen molar-refractivity contribution in [3.63, 3.8) is 0 Å². The van der Waals surface area contributed by atoms with E-state index >= 15 is 0 Å². The van der Waals surface area contributed by atoms with E-state index < -0.39 is 27.4 Å². The highest BCUT2D eigenvalue weighted by atomic mass is 35.5. The highest BCUT2D eigenvalue weighted by Gasteiger charge is 2.77. The number of carbonyl (C=O) groups excluding carboxylic acids is 3. The highest BCUT2D eigenvalue weighted by molar-refractivity contribution is 8.02. The van der Waals surface area contributed by atoms with Gasteiger partial charge in [-0.15, -0.1) is 11.8 Å². The van der Waals surface area contributed by atoms with E-state index in [-0.39, 0.29) is 31.0 Å². The van der Waals surface area contributed by atoms with Crippen molar-refractivity contribution >= 4 is 46.8 Å². The second-order valence-corrected chi connectivity index (χ2v) is 12.0. The van der Waals surface area contributed by atoms with Crippen LogP contribution in [0.5, 0.6) is 0 Å². The zero-order chi connectivity index (χ0) is 24.7. The van der Waals surface area contributed by atoms with E-state index in [9.17, 15) is 14.4 Å². The third-order valence-corrected chi connectivity index (χ3v) is 9.89. The minimum Gasteiger partial charge on any atom is -0.466 e. The van der Waals surface area contributed by atoms with Gasteiger partial charge in [0.25, 0.3) is 0 Å². The third-order valence-electron chi connectivity index (χ3n) is 7.59. The van der Waals surface area contributed by atoms with Crippen molar-refractivity contribution in [2.24, 2.45) is 11.8 Å². The monoisotopic (exact) mass is 508 g/mol. The lowest BCUT2D eigenvalue weighted by atomic mass is 9.66. The second-order valence-electron chi connectivity index (χ2n) is 9.72. The summed E-state index contributed by atoms with van der Waals surface area (Å²) in [4.78, 5) is 42.4. The Morgan fingerprint density at radius 1 is 1.29 bits per heavy atom. The zero-order valence-electron chi connectivity index (χ0n) is 19.9. The van der Waals surface area contributed by atoms with Crippen molar-refractivity contribution in [1.29, 1.82) is 0 Å². The van der Waals surface area contributed by atoms with Gasteiger partial charge in [-0.3, -0.25) is 14.4 Å². The van der Waals surface area contributed by atoms with Gasteiger partial charge >= 0.3 is 5.97 Å². The number of aliphatic hydroxyl groups is 1. The van der Waals surface area contributed by atoms with Gasteiger partial charge in [-0.05, 0) is 64.5 Å². The molecule has 1 aromatic rings. The number of esters is 1. The van der Waals surface area contributed by atoms with E-state index in [1.54, 1.807) is 29.7 Å². The van der Waals surface area contributed by atoms with E-state index in [4.69, 9.17) is 21.4 Å². The lowest BCUT2D eigenvalue weighted by Gasteiger charge is -2.34. The van der Waals surface area contributed by atoms with Crippen molar-refractivity contribution < 1.29 is 24.2 Å². The summed E-state index contributed by atoms with van der Waals surface area (Å²) in [7, 11) is 0. The number of aryl methyl sites for hydroxylation is 1. The molecule has 1 spiro atoms. The van der Waals surface area contributed by atoms with E-state index in [2.05, 4.69) is 5.32 Å². The van der Waals surface area contributed by atoms with Gasteiger partial charge in [0, 0.05) is 17.9 Å². The molecular formula is C25H33ClN2O5S. The first-order valence-electron chi connectivity index (χ1n) is 12.0. The topological polar surface area (TPSA) is 95.9 Å². The fourth-order valence-corrected chi connectivity index (χ4v) is 8.72. The summed E-state index contributed by atoms with van der Waals surface area (Å²) < 4.78 is 4.28. The summed E-state index contributed by atoms with van der Waals surface area (Å²) in [6.07, 6.45) is 3.51. The number of fused-ring (bicyclic) bond motifs is 1. The molecule has 0 aromatic heterocycles. The van der Waals surface area contributed by atoms with Gasteiger partial charge in [0.15, 0.2) is 0 Å². The van der Waals surface area contributed by atoms with E-state index in [0.717, 1.165) is 18.4 Å². The Hall–Kier alpha value is -1.77. The first-order chi connectivity index (χ1) is 16.2. The molecule has 7 nitrogen and oxygen atoms in total. The number of rotatable bonds is 9. The molecule has 4 rings (SSSR count). The van der Waals surface area contributed by atoms with Gasteiger partial charge in [-0.2, -0.15) is 0 Å². The van der Waals surface area contributed by atoms with Gasteiger partial charge in [0.05, 0.1) is 33.9 Å². The number of carbonyl (C=O) groups is 3. The maximum Gasteiger partial charge on any atom is 0.311 e. The molecule has 0 radical (unpaired) electrons. The van der Waals surface area contributed by atoms with E-state index in [1.807, 2.05) is 26.0 Å². The van der Waals surface area contributed by atoms with Gasteiger partial charge in [-0.25, -0.2) is 0 Å². The minimum absolute atomic E-state index is 0.0926. The lowest BCUT2D eigenvalue weighted by molar-refractivity contribution is -0.155. The van der Waals surface area contributed by atoms with Crippen molar-refractivity contribution in [3.05, 3.63) is 28.8 Å². The van der Waals surface area contributed by atoms with Crippen LogP contribution in [-0.2, 0) is 19.1 Å². The Labute approximate surface area is 209 Å². The van der Waals surface area contributed by atoms with Crippen molar-refractivity contribution in [1.82, 2.24) is 4.90 Å². The molecule has 2 N–H and O–H groups in total. The maximum atomic E-state index is 13.9. The Bertz CT molecular complexity index is 970. The van der Waals surface area contributed by atoms with Gasteiger partial charge < -0.3 is 20.1 Å². The van der Waals surface area contributed by atoms with Crippen LogP contribution >= 0.6 is 23.4 Å². The highest BCUT2D eigenvalue weighted by Crippen LogP contribution is 2.71. The molecule has 2 unspecified atom stereocenters. The molecule has 3 aliphatic heterocycles. The molecule has 186 valence electrons. The predicted molar refractivity (Wildman–Crippen MR) is 133 cm³/mol. The molecule has 34 heavy (non-hydrogen) atoms. The molecule has 3 heterocycles. The minimum atomic E-state index is -0.707. The van der Waals surface area contributed by atoms with Crippen LogP contribution < -0.4 is 5.32 Å². The van der Waals surface area contributed by atoms with Crippen LogP contribution in [0.25, 0.3) is 0 Å². The van der Waals surface area contributed by atoms with Crippen LogP contribution in [0, 0.1) is 18.8 Å². The van der Waals surface area contributed by atoms with Gasteiger partial charge in [-0.1, -0.05) is 23.7 Å². The average Bonchev–Trinajstić information content (AvgIpc) is 3.35. The summed E-state index contributed by atoms with van der Waals surface area (Å²) in [5.41, 5.74) is 1.39. The van der Waals surface area contributed by atoms with Crippen LogP contribution in [0.4, 0.5) is 5.69 Å². The number of benzene rings is 1. The second kappa shape index (κ2) is 9.70. The molecule has 3 fully saturated rings. The van der Waals surface area contributed by atoms with Crippen molar-refractivity contribution in [2.45, 2.75) is 68.4 Å². The number of thioether (sulfide) groups is 1. The fraction of sp³-hybridized carbons (Fsp3) is 0.640. The number of nitrogens with one attached hydrogen (secondary N) is 1. The Balaban J connectivity index is 1.70. The Kier molecular flexibility index (Phi) is 7.23. The smallest absolute Gasteiger partial charge is 0.311 e. The molecule has 3 saturated heterocycles. The van der Waals surface area contributed by atoms with Crippen LogP contribution in [-0.4, -0.2) is 63.1 Å². The van der Waals surface area contributed by atoms with Crippen LogP contribution in [0.15, 0.2) is 18.2 Å². The predicted octanol–water partition coefficient (Wildman–Crippen LogP) is 3.79.